The minimum atomic E-state index is -1.03. The first-order valence-corrected chi connectivity index (χ1v) is 5.71. The van der Waals surface area contributed by atoms with Crippen molar-refractivity contribution in [3.8, 4) is 0 Å². The molecule has 4 heteroatoms. The van der Waals surface area contributed by atoms with E-state index >= 15 is 0 Å². The maximum atomic E-state index is 13.4. The van der Waals surface area contributed by atoms with Crippen molar-refractivity contribution in [3.05, 3.63) is 71.3 Å². The van der Waals surface area contributed by atoms with Crippen LogP contribution in [0.1, 0.15) is 21.3 Å². The van der Waals surface area contributed by atoms with Gasteiger partial charge in [0.25, 0.3) is 0 Å². The molecule has 0 radical (unpaired) electrons. The largest absolute Gasteiger partial charge is 0.292 e. The van der Waals surface area contributed by atoms with E-state index < -0.39 is 22.8 Å². The van der Waals surface area contributed by atoms with E-state index in [1.165, 1.54) is 42.5 Å². The maximum absolute atomic E-state index is 13.4. The molecule has 0 N–H and O–H groups in total. The van der Waals surface area contributed by atoms with Crippen molar-refractivity contribution in [2.24, 2.45) is 0 Å². The molecule has 1 unspecified atom stereocenters. The van der Waals surface area contributed by atoms with Crippen LogP contribution in [0.4, 0.5) is 8.78 Å². The lowest BCUT2D eigenvalue weighted by Crippen LogP contribution is -2.09. The Balaban J connectivity index is 2.29. The van der Waals surface area contributed by atoms with Crippen molar-refractivity contribution < 1.29 is 13.6 Å². The van der Waals surface area contributed by atoms with Crippen molar-refractivity contribution >= 4 is 17.4 Å². The summed E-state index contributed by atoms with van der Waals surface area (Å²) in [5.41, 5.74) is 0.369. The first-order valence-electron chi connectivity index (χ1n) is 5.28. The number of benzene rings is 2. The van der Waals surface area contributed by atoms with Gasteiger partial charge >= 0.3 is 0 Å². The molecule has 0 fully saturated rings. The zero-order valence-electron chi connectivity index (χ0n) is 9.24. The Kier molecular flexibility index (Phi) is 3.72. The fraction of sp³-hybridized carbons (Fsp3) is 0.0714. The molecule has 0 aliphatic rings. The summed E-state index contributed by atoms with van der Waals surface area (Å²) >= 11 is 5.98. The molecule has 0 aliphatic carbocycles. The van der Waals surface area contributed by atoms with Gasteiger partial charge in [-0.1, -0.05) is 24.3 Å². The van der Waals surface area contributed by atoms with Gasteiger partial charge in [0, 0.05) is 0 Å². The van der Waals surface area contributed by atoms with Crippen LogP contribution in [0.25, 0.3) is 0 Å². The molecule has 2 aromatic carbocycles. The van der Waals surface area contributed by atoms with Gasteiger partial charge < -0.3 is 0 Å². The summed E-state index contributed by atoms with van der Waals surface area (Å²) in [6, 6.07) is 10.9. The van der Waals surface area contributed by atoms with E-state index in [0.29, 0.717) is 5.56 Å². The third kappa shape index (κ3) is 2.57. The Bertz CT molecular complexity index is 566. The van der Waals surface area contributed by atoms with Crippen LogP contribution in [0, 0.1) is 11.6 Å². The molecule has 0 bridgehead atoms. The van der Waals surface area contributed by atoms with E-state index in [1.54, 1.807) is 6.07 Å². The fourth-order valence-corrected chi connectivity index (χ4v) is 1.84. The maximum Gasteiger partial charge on any atom is 0.188 e. The second-order valence-electron chi connectivity index (χ2n) is 3.76. The van der Waals surface area contributed by atoms with Gasteiger partial charge in [-0.25, -0.2) is 8.78 Å². The second-order valence-corrected chi connectivity index (χ2v) is 4.19. The van der Waals surface area contributed by atoms with Crippen molar-refractivity contribution in [2.75, 3.05) is 0 Å². The summed E-state index contributed by atoms with van der Waals surface area (Å²) in [7, 11) is 0. The molecular weight excluding hydrogens is 258 g/mol. The number of alkyl halides is 1. The first kappa shape index (κ1) is 12.7. The molecule has 0 saturated heterocycles. The van der Waals surface area contributed by atoms with Crippen molar-refractivity contribution in [3.63, 3.8) is 0 Å². The van der Waals surface area contributed by atoms with Gasteiger partial charge in [-0.2, -0.15) is 0 Å². The topological polar surface area (TPSA) is 17.1 Å². The molecular formula is C14H9ClF2O. The van der Waals surface area contributed by atoms with Gasteiger partial charge in [0.05, 0.1) is 5.56 Å². The summed E-state index contributed by atoms with van der Waals surface area (Å²) < 4.78 is 26.2. The SMILES string of the molecule is O=C(c1ccccc1F)C(Cl)c1ccc(F)cc1. The van der Waals surface area contributed by atoms with Crippen LogP contribution in [-0.2, 0) is 0 Å². The van der Waals surface area contributed by atoms with Crippen LogP contribution in [0.2, 0.25) is 0 Å². The molecule has 92 valence electrons. The third-order valence-corrected chi connectivity index (χ3v) is 2.98. The van der Waals surface area contributed by atoms with Gasteiger partial charge in [-0.3, -0.25) is 4.79 Å². The smallest absolute Gasteiger partial charge is 0.188 e. The number of halogens is 3. The number of ketones is 1. The average Bonchev–Trinajstić information content (AvgIpc) is 2.38. The highest BCUT2D eigenvalue weighted by atomic mass is 35.5. The number of rotatable bonds is 3. The second kappa shape index (κ2) is 5.27. The van der Waals surface area contributed by atoms with Crippen LogP contribution in [-0.4, -0.2) is 5.78 Å². The molecule has 0 heterocycles. The standard InChI is InChI=1S/C14H9ClF2O/c15-13(9-5-7-10(16)8-6-9)14(18)11-3-1-2-4-12(11)17/h1-8,13H. The minimum absolute atomic E-state index is 0.0678. The molecule has 1 atom stereocenters. The van der Waals surface area contributed by atoms with Crippen LogP contribution in [0.3, 0.4) is 0 Å². The van der Waals surface area contributed by atoms with Crippen LogP contribution >= 0.6 is 11.6 Å². The lowest BCUT2D eigenvalue weighted by Gasteiger charge is -2.09. The highest BCUT2D eigenvalue weighted by molar-refractivity contribution is 6.33. The van der Waals surface area contributed by atoms with Gasteiger partial charge in [-0.05, 0) is 29.8 Å². The van der Waals surface area contributed by atoms with E-state index in [1.807, 2.05) is 0 Å². The van der Waals surface area contributed by atoms with E-state index in [4.69, 9.17) is 11.6 Å². The van der Waals surface area contributed by atoms with Crippen LogP contribution in [0.5, 0.6) is 0 Å². The zero-order chi connectivity index (χ0) is 13.1. The van der Waals surface area contributed by atoms with Crippen molar-refractivity contribution in [2.45, 2.75) is 5.38 Å². The van der Waals surface area contributed by atoms with Gasteiger partial charge in [0.15, 0.2) is 5.78 Å². The first-order chi connectivity index (χ1) is 8.59. The number of hydrogen-bond acceptors (Lipinski definition) is 1. The Labute approximate surface area is 108 Å². The third-order valence-electron chi connectivity index (χ3n) is 2.53. The lowest BCUT2D eigenvalue weighted by molar-refractivity contribution is 0.0983. The molecule has 2 aromatic rings. The van der Waals surface area contributed by atoms with Crippen LogP contribution < -0.4 is 0 Å². The molecule has 18 heavy (non-hydrogen) atoms. The average molecular weight is 267 g/mol. The minimum Gasteiger partial charge on any atom is -0.292 e. The fourth-order valence-electron chi connectivity index (χ4n) is 1.58. The summed E-state index contributed by atoms with van der Waals surface area (Å²) in [6.07, 6.45) is 0. The van der Waals surface area contributed by atoms with Gasteiger partial charge in [0.2, 0.25) is 0 Å². The predicted octanol–water partition coefficient (Wildman–Crippen LogP) is 4.13. The zero-order valence-corrected chi connectivity index (χ0v) is 9.99. The number of Topliss-reactive ketones (excluding diaryl/α,β-unsaturated/α-hetero) is 1. The Morgan fingerprint density at radius 3 is 2.22 bits per heavy atom. The highest BCUT2D eigenvalue weighted by Gasteiger charge is 2.21. The van der Waals surface area contributed by atoms with E-state index in [0.717, 1.165) is 0 Å². The van der Waals surface area contributed by atoms with Crippen LogP contribution in [0.15, 0.2) is 48.5 Å². The number of hydrogen-bond donors (Lipinski definition) is 0. The van der Waals surface area contributed by atoms with E-state index in [9.17, 15) is 13.6 Å². The molecule has 0 aromatic heterocycles. The monoisotopic (exact) mass is 266 g/mol. The van der Waals surface area contributed by atoms with E-state index in [-0.39, 0.29) is 5.56 Å². The van der Waals surface area contributed by atoms with Gasteiger partial charge in [0.1, 0.15) is 17.0 Å². The Hall–Kier alpha value is -1.74. The Morgan fingerprint density at radius 2 is 1.61 bits per heavy atom. The van der Waals surface area contributed by atoms with Gasteiger partial charge in [-0.15, -0.1) is 11.6 Å². The summed E-state index contributed by atoms with van der Waals surface area (Å²) in [6.45, 7) is 0. The molecule has 2 rings (SSSR count). The molecule has 0 aliphatic heterocycles. The van der Waals surface area contributed by atoms with Crippen molar-refractivity contribution in [1.82, 2.24) is 0 Å². The summed E-state index contributed by atoms with van der Waals surface area (Å²) in [5, 5.41) is -1.03. The quantitative estimate of drug-likeness (QED) is 0.603. The normalized spacial score (nSPS) is 12.2. The molecule has 1 nitrogen and oxygen atoms in total. The van der Waals surface area contributed by atoms with E-state index in [2.05, 4.69) is 0 Å². The summed E-state index contributed by atoms with van der Waals surface area (Å²) in [5.74, 6) is -1.57. The van der Waals surface area contributed by atoms with Crippen molar-refractivity contribution in [1.29, 1.82) is 0 Å². The summed E-state index contributed by atoms with van der Waals surface area (Å²) in [4.78, 5) is 12.0. The molecule has 0 saturated carbocycles. The molecule has 0 spiro atoms. The lowest BCUT2D eigenvalue weighted by atomic mass is 10.0. The highest BCUT2D eigenvalue weighted by Crippen LogP contribution is 2.26. The predicted molar refractivity (Wildman–Crippen MR) is 65.7 cm³/mol. The molecule has 0 amide bonds. The number of carbonyl (C=O) groups excluding carboxylic acids is 1. The number of carbonyl (C=O) groups is 1. The Morgan fingerprint density at radius 1 is 1.00 bits per heavy atom.